The van der Waals surface area contributed by atoms with Crippen molar-refractivity contribution in [1.29, 1.82) is 0 Å². The number of nitrogens with zero attached hydrogens (tertiary/aromatic N) is 1. The smallest absolute Gasteiger partial charge is 0.237 e. The van der Waals surface area contributed by atoms with Crippen molar-refractivity contribution >= 4 is 29.0 Å². The van der Waals surface area contributed by atoms with Gasteiger partial charge in [0.15, 0.2) is 0 Å². The minimum atomic E-state index is -0.431. The van der Waals surface area contributed by atoms with E-state index in [1.54, 1.807) is 19.3 Å². The quantitative estimate of drug-likeness (QED) is 0.671. The van der Waals surface area contributed by atoms with Crippen molar-refractivity contribution in [1.82, 2.24) is 4.98 Å². The number of halogens is 1. The molecular formula is C14H14FN3OS. The van der Waals surface area contributed by atoms with Gasteiger partial charge in [-0.05, 0) is 37.3 Å². The van der Waals surface area contributed by atoms with Gasteiger partial charge in [0.05, 0.1) is 16.6 Å². The van der Waals surface area contributed by atoms with Gasteiger partial charge in [0.2, 0.25) is 5.91 Å². The monoisotopic (exact) mass is 291 g/mol. The lowest BCUT2D eigenvalue weighted by atomic mass is 10.2. The van der Waals surface area contributed by atoms with Crippen molar-refractivity contribution in [2.75, 3.05) is 11.1 Å². The Labute approximate surface area is 120 Å². The highest BCUT2D eigenvalue weighted by Gasteiger charge is 2.15. The molecule has 104 valence electrons. The van der Waals surface area contributed by atoms with Crippen LogP contribution in [0, 0.1) is 5.82 Å². The Morgan fingerprint density at radius 3 is 2.70 bits per heavy atom. The topological polar surface area (TPSA) is 68.0 Å². The summed E-state index contributed by atoms with van der Waals surface area (Å²) in [7, 11) is 0. The SMILES string of the molecule is CC(Sc1ccncc1)C(=O)Nc1ccc(F)cc1N. The Balaban J connectivity index is 2.01. The largest absolute Gasteiger partial charge is 0.397 e. The number of nitrogens with one attached hydrogen (secondary N) is 1. The molecule has 1 aromatic carbocycles. The standard InChI is InChI=1S/C14H14FN3OS/c1-9(20-11-4-6-17-7-5-11)14(19)18-13-3-2-10(15)8-12(13)16/h2-9H,16H2,1H3,(H,18,19). The van der Waals surface area contributed by atoms with Crippen LogP contribution in [-0.4, -0.2) is 16.1 Å². The molecule has 1 unspecified atom stereocenters. The number of carbonyl (C=O) groups is 1. The van der Waals surface area contributed by atoms with E-state index in [1.165, 1.54) is 30.0 Å². The summed E-state index contributed by atoms with van der Waals surface area (Å²) in [6.45, 7) is 1.79. The first-order valence-corrected chi connectivity index (χ1v) is 6.87. The second-order valence-electron chi connectivity index (χ2n) is 4.16. The molecule has 0 saturated heterocycles. The van der Waals surface area contributed by atoms with E-state index < -0.39 is 5.82 Å². The highest BCUT2D eigenvalue weighted by molar-refractivity contribution is 8.00. The van der Waals surface area contributed by atoms with Crippen LogP contribution in [0.15, 0.2) is 47.6 Å². The first-order valence-electron chi connectivity index (χ1n) is 5.99. The van der Waals surface area contributed by atoms with E-state index >= 15 is 0 Å². The molecule has 3 N–H and O–H groups in total. The first-order chi connectivity index (χ1) is 9.56. The summed E-state index contributed by atoms with van der Waals surface area (Å²) in [5, 5.41) is 2.39. The van der Waals surface area contributed by atoms with Crippen LogP contribution in [0.3, 0.4) is 0 Å². The lowest BCUT2D eigenvalue weighted by Crippen LogP contribution is -2.22. The zero-order valence-electron chi connectivity index (χ0n) is 10.8. The Morgan fingerprint density at radius 2 is 2.05 bits per heavy atom. The molecule has 1 atom stereocenters. The minimum absolute atomic E-state index is 0.190. The van der Waals surface area contributed by atoms with Crippen LogP contribution in [0.25, 0.3) is 0 Å². The van der Waals surface area contributed by atoms with Crippen LogP contribution >= 0.6 is 11.8 Å². The number of nitrogen functional groups attached to an aromatic ring is 1. The number of hydrogen-bond donors (Lipinski definition) is 2. The number of rotatable bonds is 4. The molecule has 1 amide bonds. The number of thioether (sulfide) groups is 1. The fourth-order valence-corrected chi connectivity index (χ4v) is 2.41. The third-order valence-corrected chi connectivity index (χ3v) is 3.72. The van der Waals surface area contributed by atoms with Crippen LogP contribution in [0.2, 0.25) is 0 Å². The molecule has 1 aromatic heterocycles. The van der Waals surface area contributed by atoms with Gasteiger partial charge in [-0.25, -0.2) is 4.39 Å². The average Bonchev–Trinajstić information content (AvgIpc) is 2.43. The van der Waals surface area contributed by atoms with Gasteiger partial charge in [-0.2, -0.15) is 0 Å². The van der Waals surface area contributed by atoms with Gasteiger partial charge in [0.25, 0.3) is 0 Å². The van der Waals surface area contributed by atoms with E-state index in [0.29, 0.717) is 5.69 Å². The van der Waals surface area contributed by atoms with Crippen molar-refractivity contribution in [3.05, 3.63) is 48.5 Å². The number of amides is 1. The van der Waals surface area contributed by atoms with Crippen molar-refractivity contribution in [3.8, 4) is 0 Å². The van der Waals surface area contributed by atoms with Gasteiger partial charge in [-0.1, -0.05) is 0 Å². The highest BCUT2D eigenvalue weighted by Crippen LogP contribution is 2.25. The van der Waals surface area contributed by atoms with E-state index in [0.717, 1.165) is 4.90 Å². The van der Waals surface area contributed by atoms with Crippen LogP contribution in [-0.2, 0) is 4.79 Å². The number of pyridine rings is 1. The summed E-state index contributed by atoms with van der Waals surface area (Å²) < 4.78 is 12.9. The number of benzene rings is 1. The third kappa shape index (κ3) is 3.71. The summed E-state index contributed by atoms with van der Waals surface area (Å²) in [6.07, 6.45) is 3.34. The molecule has 4 nitrogen and oxygen atoms in total. The van der Waals surface area contributed by atoms with Crippen molar-refractivity contribution in [2.24, 2.45) is 0 Å². The summed E-state index contributed by atoms with van der Waals surface area (Å²) in [5.41, 5.74) is 6.28. The predicted octanol–water partition coefficient (Wildman–Crippen LogP) is 2.92. The molecule has 0 radical (unpaired) electrons. The van der Waals surface area contributed by atoms with Crippen LogP contribution < -0.4 is 11.1 Å². The maximum absolute atomic E-state index is 12.9. The molecule has 0 aliphatic rings. The third-order valence-electron chi connectivity index (χ3n) is 2.60. The fraction of sp³-hybridized carbons (Fsp3) is 0.143. The number of nitrogens with two attached hydrogens (primary N) is 1. The molecule has 0 saturated carbocycles. The summed E-state index contributed by atoms with van der Waals surface area (Å²) >= 11 is 1.41. The molecule has 0 fully saturated rings. The molecule has 0 aliphatic carbocycles. The maximum atomic E-state index is 12.9. The van der Waals surface area contributed by atoms with Crippen molar-refractivity contribution in [3.63, 3.8) is 0 Å². The van der Waals surface area contributed by atoms with Crippen molar-refractivity contribution < 1.29 is 9.18 Å². The molecule has 2 aromatic rings. The first kappa shape index (κ1) is 14.3. The van der Waals surface area contributed by atoms with E-state index in [-0.39, 0.29) is 16.8 Å². The summed E-state index contributed by atoms with van der Waals surface area (Å²) in [6, 6.07) is 7.55. The molecule has 2 rings (SSSR count). The summed E-state index contributed by atoms with van der Waals surface area (Å²) in [4.78, 5) is 16.9. The summed E-state index contributed by atoms with van der Waals surface area (Å²) in [5.74, 6) is -0.621. The number of hydrogen-bond acceptors (Lipinski definition) is 4. The molecule has 1 heterocycles. The predicted molar refractivity (Wildman–Crippen MR) is 79.0 cm³/mol. The van der Waals surface area contributed by atoms with Crippen LogP contribution in [0.1, 0.15) is 6.92 Å². The average molecular weight is 291 g/mol. The molecule has 6 heteroatoms. The van der Waals surface area contributed by atoms with Gasteiger partial charge >= 0.3 is 0 Å². The number of carbonyl (C=O) groups excluding carboxylic acids is 1. The Bertz CT molecular complexity index is 607. The highest BCUT2D eigenvalue weighted by atomic mass is 32.2. The maximum Gasteiger partial charge on any atom is 0.237 e. The number of anilines is 2. The van der Waals surface area contributed by atoms with Gasteiger partial charge in [-0.15, -0.1) is 11.8 Å². The van der Waals surface area contributed by atoms with E-state index in [4.69, 9.17) is 5.73 Å². The van der Waals surface area contributed by atoms with Crippen LogP contribution in [0.5, 0.6) is 0 Å². The second-order valence-corrected chi connectivity index (χ2v) is 5.58. The Kier molecular flexibility index (Phi) is 4.57. The van der Waals surface area contributed by atoms with Gasteiger partial charge in [-0.3, -0.25) is 9.78 Å². The second kappa shape index (κ2) is 6.38. The Hall–Kier alpha value is -2.08. The number of aromatic nitrogens is 1. The van der Waals surface area contributed by atoms with Crippen molar-refractivity contribution in [2.45, 2.75) is 17.1 Å². The molecule has 0 bridgehead atoms. The normalized spacial score (nSPS) is 11.9. The van der Waals surface area contributed by atoms with E-state index in [1.807, 2.05) is 12.1 Å². The Morgan fingerprint density at radius 1 is 1.35 bits per heavy atom. The van der Waals surface area contributed by atoms with Gasteiger partial charge < -0.3 is 11.1 Å². The molecule has 0 spiro atoms. The zero-order chi connectivity index (χ0) is 14.5. The van der Waals surface area contributed by atoms with E-state index in [2.05, 4.69) is 10.3 Å². The minimum Gasteiger partial charge on any atom is -0.397 e. The lowest BCUT2D eigenvalue weighted by Gasteiger charge is -2.13. The van der Waals surface area contributed by atoms with Gasteiger partial charge in [0, 0.05) is 17.3 Å². The van der Waals surface area contributed by atoms with Gasteiger partial charge in [0.1, 0.15) is 5.82 Å². The molecular weight excluding hydrogens is 277 g/mol. The molecule has 0 aliphatic heterocycles. The fourth-order valence-electron chi connectivity index (χ4n) is 1.56. The molecule has 20 heavy (non-hydrogen) atoms. The zero-order valence-corrected chi connectivity index (χ0v) is 11.7. The van der Waals surface area contributed by atoms with Crippen LogP contribution in [0.4, 0.5) is 15.8 Å². The van der Waals surface area contributed by atoms with E-state index in [9.17, 15) is 9.18 Å². The lowest BCUT2D eigenvalue weighted by molar-refractivity contribution is -0.115.